The van der Waals surface area contributed by atoms with E-state index in [-0.39, 0.29) is 97.4 Å². The quantitative estimate of drug-likeness (QED) is 0.0195. The third kappa shape index (κ3) is 15.3. The lowest BCUT2D eigenvalue weighted by atomic mass is 10.0. The number of anilines is 6. The summed E-state index contributed by atoms with van der Waals surface area (Å²) in [5.41, 5.74) is 0.489. The van der Waals surface area contributed by atoms with Gasteiger partial charge in [0.05, 0.1) is 60.3 Å². The van der Waals surface area contributed by atoms with Crippen LogP contribution >= 0.6 is 0 Å². The highest BCUT2D eigenvalue weighted by atomic mass is 19.4. The lowest BCUT2D eigenvalue weighted by Crippen LogP contribution is -2.54. The summed E-state index contributed by atoms with van der Waals surface area (Å²) in [6.45, 7) is 4.33. The van der Waals surface area contributed by atoms with E-state index in [1.54, 1.807) is 37.3 Å². The standard InChI is InChI=1S/C53H49F3N10O13/c1-3-41(67)64-39(15-18-44(70)79-22-21-77-19-20-78-28-43(69)63-38-12-6-11-36-45(38)51(76)66(50(36)75)40-16-17-42(68)65-49(40)74)48(73)60-32-9-5-10-33(24-32)62-52-57-26-35(27-58-52)61-47(72)37-25-34(14-13-29(37)2)59-46(71)30-7-4-8-31(23-30)53(54,55)56/h3-14,23-27,39-40H,1,15-22,28H2,2H3,(H,59,71)(H,60,73)(H,61,72)(H,63,69)(H,64,67)(H,57,58,62)(H,65,68,74). The summed E-state index contributed by atoms with van der Waals surface area (Å²) in [6.07, 6.45) is -1.55. The lowest BCUT2D eigenvalue weighted by molar-refractivity contribution is -0.146. The number of nitrogens with one attached hydrogen (secondary N) is 7. The molecule has 4 aromatic carbocycles. The van der Waals surface area contributed by atoms with Crippen molar-refractivity contribution >= 4 is 93.5 Å². The molecule has 1 fully saturated rings. The number of aromatic nitrogens is 2. The first-order valence-electron chi connectivity index (χ1n) is 24.1. The van der Waals surface area contributed by atoms with E-state index in [2.05, 4.69) is 53.8 Å². The maximum absolute atomic E-state index is 13.4. The van der Waals surface area contributed by atoms with Crippen LogP contribution in [0.2, 0.25) is 0 Å². The van der Waals surface area contributed by atoms with Gasteiger partial charge in [0.1, 0.15) is 25.3 Å². The first kappa shape index (κ1) is 57.0. The van der Waals surface area contributed by atoms with Gasteiger partial charge in [0, 0.05) is 41.0 Å². The highest BCUT2D eigenvalue weighted by molar-refractivity contribution is 6.26. The predicted octanol–water partition coefficient (Wildman–Crippen LogP) is 5.06. The number of carbonyl (C=O) groups excluding carboxylic acids is 10. The van der Waals surface area contributed by atoms with Crippen molar-refractivity contribution in [2.75, 3.05) is 59.6 Å². The summed E-state index contributed by atoms with van der Waals surface area (Å²) in [5, 5.41) is 18.0. The summed E-state index contributed by atoms with van der Waals surface area (Å²) in [5.74, 6) is -6.78. The van der Waals surface area contributed by atoms with Gasteiger partial charge in [-0.25, -0.2) is 9.97 Å². The van der Waals surface area contributed by atoms with Gasteiger partial charge in [-0.1, -0.05) is 30.8 Å². The van der Waals surface area contributed by atoms with Crippen molar-refractivity contribution in [3.63, 3.8) is 0 Å². The molecule has 26 heteroatoms. The van der Waals surface area contributed by atoms with Crippen LogP contribution in [-0.4, -0.2) is 119 Å². The predicted molar refractivity (Wildman–Crippen MR) is 275 cm³/mol. The SMILES string of the molecule is C=CC(=O)NC(CCC(=O)OCCOCCOCC(=O)Nc1cccc2c1C(=O)N(C1CCC(=O)NC1=O)C2=O)C(=O)Nc1cccc(Nc2ncc(NC(=O)c3cc(NC(=O)c4cccc(C(F)(F)F)c4)ccc3C)cn2)c1. The zero-order chi connectivity index (χ0) is 56.8. The third-order valence-corrected chi connectivity index (χ3v) is 11.8. The minimum Gasteiger partial charge on any atom is -0.463 e. The molecule has 9 amide bonds. The molecule has 2 aliphatic rings. The van der Waals surface area contributed by atoms with Crippen LogP contribution in [0.15, 0.2) is 110 Å². The first-order valence-corrected chi connectivity index (χ1v) is 24.1. The molecular formula is C53H49F3N10O13. The van der Waals surface area contributed by atoms with Crippen molar-refractivity contribution in [2.45, 2.75) is 50.9 Å². The van der Waals surface area contributed by atoms with Gasteiger partial charge in [-0.05, 0) is 92.1 Å². The molecule has 5 aromatic rings. The number of piperidine rings is 1. The molecule has 410 valence electrons. The lowest BCUT2D eigenvalue weighted by Gasteiger charge is -2.27. The fourth-order valence-corrected chi connectivity index (χ4v) is 7.91. The molecule has 23 nitrogen and oxygen atoms in total. The van der Waals surface area contributed by atoms with Gasteiger partial charge in [0.15, 0.2) is 0 Å². The second-order valence-corrected chi connectivity index (χ2v) is 17.4. The fourth-order valence-electron chi connectivity index (χ4n) is 7.91. The Bertz CT molecular complexity index is 3230. The van der Waals surface area contributed by atoms with Crippen LogP contribution in [0.3, 0.4) is 0 Å². The third-order valence-electron chi connectivity index (χ3n) is 11.8. The van der Waals surface area contributed by atoms with Gasteiger partial charge < -0.3 is 46.1 Å². The molecule has 2 unspecified atom stereocenters. The van der Waals surface area contributed by atoms with E-state index < -0.39 is 89.6 Å². The molecule has 0 saturated carbocycles. The summed E-state index contributed by atoms with van der Waals surface area (Å²) < 4.78 is 55.5. The second-order valence-electron chi connectivity index (χ2n) is 17.4. The van der Waals surface area contributed by atoms with Crippen molar-refractivity contribution in [1.82, 2.24) is 25.5 Å². The normalized spacial score (nSPS) is 14.3. The van der Waals surface area contributed by atoms with E-state index in [0.29, 0.717) is 16.9 Å². The van der Waals surface area contributed by atoms with Crippen molar-refractivity contribution in [1.29, 1.82) is 0 Å². The molecular weight excluding hydrogens is 1040 g/mol. The molecule has 2 aliphatic heterocycles. The minimum atomic E-state index is -4.64. The number of benzene rings is 4. The monoisotopic (exact) mass is 1090 g/mol. The Morgan fingerprint density at radius 3 is 2.23 bits per heavy atom. The van der Waals surface area contributed by atoms with Gasteiger partial charge in [-0.3, -0.25) is 58.2 Å². The Hall–Kier alpha value is -9.69. The zero-order valence-corrected chi connectivity index (χ0v) is 41.8. The molecule has 0 bridgehead atoms. The molecule has 79 heavy (non-hydrogen) atoms. The number of hydrogen-bond acceptors (Lipinski definition) is 16. The Morgan fingerprint density at radius 1 is 0.785 bits per heavy atom. The number of hydrogen-bond donors (Lipinski definition) is 7. The first-order chi connectivity index (χ1) is 37.8. The average Bonchev–Trinajstić information content (AvgIpc) is 3.96. The van der Waals surface area contributed by atoms with Gasteiger partial charge in [0.2, 0.25) is 35.5 Å². The van der Waals surface area contributed by atoms with Gasteiger partial charge >= 0.3 is 12.1 Å². The molecule has 3 heterocycles. The smallest absolute Gasteiger partial charge is 0.416 e. The number of fused-ring (bicyclic) bond motifs is 1. The van der Waals surface area contributed by atoms with Crippen LogP contribution < -0.4 is 37.2 Å². The number of aryl methyl sites for hydroxylation is 1. The molecule has 0 radical (unpaired) electrons. The number of alkyl halides is 3. The average molecular weight is 1090 g/mol. The Labute approximate surface area is 447 Å². The van der Waals surface area contributed by atoms with Crippen LogP contribution in [-0.2, 0) is 49.2 Å². The number of ether oxygens (including phenoxy) is 3. The number of nitrogens with zero attached hydrogens (tertiary/aromatic N) is 3. The fraction of sp³-hybridized carbons (Fsp3) is 0.245. The number of halogens is 3. The number of carbonyl (C=O) groups is 10. The van der Waals surface area contributed by atoms with Crippen molar-refractivity contribution in [3.8, 4) is 0 Å². The highest BCUT2D eigenvalue weighted by Gasteiger charge is 2.46. The van der Waals surface area contributed by atoms with Crippen LogP contribution in [0.25, 0.3) is 0 Å². The van der Waals surface area contributed by atoms with Gasteiger partial charge in [-0.15, -0.1) is 0 Å². The molecule has 0 aliphatic carbocycles. The van der Waals surface area contributed by atoms with E-state index in [9.17, 15) is 61.1 Å². The highest BCUT2D eigenvalue weighted by Crippen LogP contribution is 2.33. The summed E-state index contributed by atoms with van der Waals surface area (Å²) >= 11 is 0. The maximum atomic E-state index is 13.4. The van der Waals surface area contributed by atoms with Gasteiger partial charge in [0.25, 0.3) is 23.6 Å². The molecule has 1 aromatic heterocycles. The van der Waals surface area contributed by atoms with E-state index in [1.165, 1.54) is 48.8 Å². The molecule has 0 spiro atoms. The van der Waals surface area contributed by atoms with E-state index in [1.807, 2.05) is 0 Å². The van der Waals surface area contributed by atoms with Crippen LogP contribution in [0.5, 0.6) is 0 Å². The molecule has 1 saturated heterocycles. The maximum Gasteiger partial charge on any atom is 0.416 e. The number of rotatable bonds is 23. The Balaban J connectivity index is 0.807. The summed E-state index contributed by atoms with van der Waals surface area (Å²) in [7, 11) is 0. The van der Waals surface area contributed by atoms with E-state index in [4.69, 9.17) is 14.2 Å². The van der Waals surface area contributed by atoms with Crippen LogP contribution in [0.4, 0.5) is 47.6 Å². The zero-order valence-electron chi connectivity index (χ0n) is 41.8. The van der Waals surface area contributed by atoms with Crippen LogP contribution in [0.1, 0.15) is 78.2 Å². The summed E-state index contributed by atoms with van der Waals surface area (Å²) in [6, 6.07) is 16.6. The van der Waals surface area contributed by atoms with Crippen molar-refractivity contribution in [3.05, 3.63) is 143 Å². The topological polar surface area (TPSA) is 312 Å². The largest absolute Gasteiger partial charge is 0.463 e. The second kappa shape index (κ2) is 25.9. The molecule has 7 N–H and O–H groups in total. The van der Waals surface area contributed by atoms with Crippen molar-refractivity contribution < 1.29 is 75.3 Å². The molecule has 7 rings (SSSR count). The summed E-state index contributed by atoms with van der Waals surface area (Å²) in [4.78, 5) is 136. The van der Waals surface area contributed by atoms with Crippen molar-refractivity contribution in [2.24, 2.45) is 0 Å². The van der Waals surface area contributed by atoms with E-state index in [0.717, 1.165) is 29.2 Å². The van der Waals surface area contributed by atoms with E-state index >= 15 is 0 Å². The Kier molecular flexibility index (Phi) is 18.7. The minimum absolute atomic E-state index is 0.00398. The Morgan fingerprint density at radius 2 is 1.48 bits per heavy atom. The number of imide groups is 2. The molecule has 2 atom stereocenters. The van der Waals surface area contributed by atoms with Gasteiger partial charge in [-0.2, -0.15) is 13.2 Å². The number of esters is 1. The van der Waals surface area contributed by atoms with Crippen LogP contribution in [0, 0.1) is 6.92 Å². The number of amides is 9.